The molecule has 2 aliphatic rings. The predicted octanol–water partition coefficient (Wildman–Crippen LogP) is 6.84. The normalized spacial score (nSPS) is 20.2. The summed E-state index contributed by atoms with van der Waals surface area (Å²) in [4.78, 5) is 30.5. The zero-order valence-electron chi connectivity index (χ0n) is 31.7. The maximum Gasteiger partial charge on any atom is 0.261 e. The van der Waals surface area contributed by atoms with E-state index in [-0.39, 0.29) is 49.6 Å². The third-order valence-electron chi connectivity index (χ3n) is 11.1. The van der Waals surface area contributed by atoms with Crippen molar-refractivity contribution >= 4 is 47.9 Å². The number of hydrogen-bond donors (Lipinski definition) is 3. The Balaban J connectivity index is 1.40. The molecule has 1 saturated heterocycles. The highest BCUT2D eigenvalue weighted by Gasteiger charge is 2.56. The standard InChI is InChI=1S/C44H53NO7SSi/c1-5-13-30(24-32-20-21-33(27-46)52-32)19-22-39(48)40-31(25-37-41(38(40)28-47)43(50)45(42(37)49)26-34-14-12-23-53-34)29-51-54(44(2,3)4,35-15-8-6-9-16-35)36-17-10-7-11-18-36/h6-12,14-18,20-21,23-24,37-39,41,46-48H,5,13,19,22,25-29H2,1-4H3/b30-24+/t37-,38+,39-,41-/m1/s1. The molecular formula is C44H53NO7SSi. The van der Waals surface area contributed by atoms with Gasteiger partial charge in [0.25, 0.3) is 8.32 Å². The van der Waals surface area contributed by atoms with Crippen LogP contribution >= 0.6 is 11.3 Å². The van der Waals surface area contributed by atoms with Crippen molar-refractivity contribution < 1.29 is 33.8 Å². The number of aliphatic hydroxyl groups is 3. The van der Waals surface area contributed by atoms with Gasteiger partial charge in [0.2, 0.25) is 11.8 Å². The first-order valence-corrected chi connectivity index (χ1v) is 21.8. The van der Waals surface area contributed by atoms with Crippen molar-refractivity contribution in [3.8, 4) is 0 Å². The number of thiophene rings is 1. The minimum absolute atomic E-state index is 0.153. The molecule has 4 atom stereocenters. The molecule has 0 bridgehead atoms. The van der Waals surface area contributed by atoms with Crippen LogP contribution in [0.2, 0.25) is 5.04 Å². The van der Waals surface area contributed by atoms with Gasteiger partial charge in [0, 0.05) is 10.8 Å². The summed E-state index contributed by atoms with van der Waals surface area (Å²) in [5, 5.41) is 36.7. The first-order chi connectivity index (χ1) is 26.0. The second kappa shape index (κ2) is 17.3. The van der Waals surface area contributed by atoms with Gasteiger partial charge in [-0.2, -0.15) is 0 Å². The van der Waals surface area contributed by atoms with Gasteiger partial charge in [-0.15, -0.1) is 11.3 Å². The van der Waals surface area contributed by atoms with Crippen molar-refractivity contribution in [3.05, 3.63) is 123 Å². The molecule has 8 nitrogen and oxygen atoms in total. The van der Waals surface area contributed by atoms with E-state index in [9.17, 15) is 24.9 Å². The van der Waals surface area contributed by atoms with E-state index in [1.165, 1.54) is 16.2 Å². The Bertz CT molecular complexity index is 1890. The number of furan rings is 1. The van der Waals surface area contributed by atoms with Crippen LogP contribution in [0.25, 0.3) is 6.08 Å². The van der Waals surface area contributed by atoms with E-state index in [1.807, 2.05) is 66.1 Å². The minimum atomic E-state index is -3.02. The number of likely N-dealkylation sites (tertiary alicyclic amines) is 1. The number of aliphatic hydroxyl groups excluding tert-OH is 3. The zero-order chi connectivity index (χ0) is 38.5. The fraction of sp³-hybridized carbons (Fsp3) is 0.409. The van der Waals surface area contributed by atoms with Gasteiger partial charge < -0.3 is 24.2 Å². The number of nitrogens with zero attached hydrogens (tertiary/aromatic N) is 1. The van der Waals surface area contributed by atoms with Gasteiger partial charge in [0.05, 0.1) is 37.7 Å². The summed E-state index contributed by atoms with van der Waals surface area (Å²) in [5.41, 5.74) is 2.49. The Morgan fingerprint density at radius 2 is 1.65 bits per heavy atom. The average molecular weight is 768 g/mol. The molecule has 0 unspecified atom stereocenters. The lowest BCUT2D eigenvalue weighted by molar-refractivity contribution is -0.140. The lowest BCUT2D eigenvalue weighted by Gasteiger charge is -2.44. The monoisotopic (exact) mass is 767 g/mol. The Labute approximate surface area is 323 Å². The van der Waals surface area contributed by atoms with Crippen LogP contribution in [-0.2, 0) is 27.2 Å². The number of allylic oxidation sites excluding steroid dienone is 1. The first kappa shape index (κ1) is 39.8. The van der Waals surface area contributed by atoms with E-state index in [4.69, 9.17) is 8.84 Å². The average Bonchev–Trinajstić information content (AvgIpc) is 3.92. The molecule has 286 valence electrons. The number of amides is 2. The number of benzene rings is 2. The molecule has 0 spiro atoms. The Kier molecular flexibility index (Phi) is 12.7. The van der Waals surface area contributed by atoms with E-state index in [0.717, 1.165) is 39.2 Å². The summed E-state index contributed by atoms with van der Waals surface area (Å²) in [6.07, 6.45) is 3.86. The molecule has 2 aromatic carbocycles. The molecule has 2 aromatic heterocycles. The van der Waals surface area contributed by atoms with Gasteiger partial charge in [-0.25, -0.2) is 0 Å². The van der Waals surface area contributed by atoms with E-state index in [0.29, 0.717) is 29.9 Å². The molecule has 1 aliphatic carbocycles. The third kappa shape index (κ3) is 8.05. The van der Waals surface area contributed by atoms with Crippen molar-refractivity contribution in [2.75, 3.05) is 13.2 Å². The van der Waals surface area contributed by atoms with Crippen molar-refractivity contribution in [3.63, 3.8) is 0 Å². The molecular weight excluding hydrogens is 715 g/mol. The number of imide groups is 1. The molecule has 6 rings (SSSR count). The van der Waals surface area contributed by atoms with Crippen molar-refractivity contribution in [1.29, 1.82) is 0 Å². The maximum absolute atomic E-state index is 14.2. The van der Waals surface area contributed by atoms with Crippen molar-refractivity contribution in [2.45, 2.75) is 84.1 Å². The summed E-state index contributed by atoms with van der Waals surface area (Å²) >= 11 is 1.50. The Morgan fingerprint density at radius 1 is 0.963 bits per heavy atom. The molecule has 0 radical (unpaired) electrons. The van der Waals surface area contributed by atoms with Crippen LogP contribution in [0.5, 0.6) is 0 Å². The highest BCUT2D eigenvalue weighted by atomic mass is 32.1. The second-order valence-corrected chi connectivity index (χ2v) is 20.9. The molecule has 0 saturated carbocycles. The fourth-order valence-corrected chi connectivity index (χ4v) is 13.9. The van der Waals surface area contributed by atoms with E-state index >= 15 is 0 Å². The van der Waals surface area contributed by atoms with Gasteiger partial charge in [0.15, 0.2) is 0 Å². The summed E-state index contributed by atoms with van der Waals surface area (Å²) in [6, 6.07) is 28.1. The van der Waals surface area contributed by atoms with Crippen LogP contribution in [0, 0.1) is 17.8 Å². The quantitative estimate of drug-likeness (QED) is 0.0649. The van der Waals surface area contributed by atoms with Gasteiger partial charge in [-0.1, -0.05) is 106 Å². The molecule has 3 N–H and O–H groups in total. The lowest BCUT2D eigenvalue weighted by atomic mass is 9.68. The highest BCUT2D eigenvalue weighted by Crippen LogP contribution is 2.47. The Morgan fingerprint density at radius 3 is 2.20 bits per heavy atom. The number of hydrogen-bond acceptors (Lipinski definition) is 8. The fourth-order valence-electron chi connectivity index (χ4n) is 8.65. The number of carbonyl (C=O) groups is 2. The lowest BCUT2D eigenvalue weighted by Crippen LogP contribution is -2.66. The van der Waals surface area contributed by atoms with Crippen LogP contribution in [0.15, 0.2) is 111 Å². The largest absolute Gasteiger partial charge is 0.459 e. The molecule has 10 heteroatoms. The second-order valence-electron chi connectivity index (χ2n) is 15.5. The van der Waals surface area contributed by atoms with Crippen LogP contribution < -0.4 is 10.4 Å². The van der Waals surface area contributed by atoms with Crippen LogP contribution in [-0.4, -0.2) is 59.7 Å². The minimum Gasteiger partial charge on any atom is -0.459 e. The van der Waals surface area contributed by atoms with Gasteiger partial charge in [0.1, 0.15) is 18.1 Å². The molecule has 54 heavy (non-hydrogen) atoms. The van der Waals surface area contributed by atoms with E-state index < -0.39 is 32.2 Å². The molecule has 3 heterocycles. The zero-order valence-corrected chi connectivity index (χ0v) is 33.6. The smallest absolute Gasteiger partial charge is 0.261 e. The maximum atomic E-state index is 14.2. The predicted molar refractivity (Wildman–Crippen MR) is 215 cm³/mol. The van der Waals surface area contributed by atoms with Gasteiger partial charge in [-0.05, 0) is 81.9 Å². The summed E-state index contributed by atoms with van der Waals surface area (Å²) in [7, 11) is -3.02. The first-order valence-electron chi connectivity index (χ1n) is 19.0. The van der Waals surface area contributed by atoms with Crippen molar-refractivity contribution in [2.24, 2.45) is 17.8 Å². The highest BCUT2D eigenvalue weighted by molar-refractivity contribution is 7.09. The van der Waals surface area contributed by atoms with E-state index in [1.54, 1.807) is 6.07 Å². The van der Waals surface area contributed by atoms with E-state index in [2.05, 4.69) is 52.0 Å². The summed E-state index contributed by atoms with van der Waals surface area (Å²) in [6.45, 7) is 8.52. The third-order valence-corrected chi connectivity index (χ3v) is 16.9. The summed E-state index contributed by atoms with van der Waals surface area (Å²) in [5.74, 6) is -1.56. The summed E-state index contributed by atoms with van der Waals surface area (Å²) < 4.78 is 13.1. The molecule has 1 fully saturated rings. The van der Waals surface area contributed by atoms with Crippen molar-refractivity contribution in [1.82, 2.24) is 4.90 Å². The molecule has 1 aliphatic heterocycles. The van der Waals surface area contributed by atoms with Gasteiger partial charge in [-0.3, -0.25) is 14.5 Å². The number of fused-ring (bicyclic) bond motifs is 1. The topological polar surface area (TPSA) is 120 Å². The number of carbonyl (C=O) groups excluding carboxylic acids is 2. The van der Waals surface area contributed by atoms with Crippen LogP contribution in [0.3, 0.4) is 0 Å². The Hall–Kier alpha value is -3.90. The molecule has 2 amide bonds. The van der Waals surface area contributed by atoms with Crippen LogP contribution in [0.1, 0.15) is 76.2 Å². The molecule has 4 aromatic rings. The van der Waals surface area contributed by atoms with Crippen LogP contribution in [0.4, 0.5) is 0 Å². The number of rotatable bonds is 16. The SMILES string of the molecule is CCC/C(=C\c1ccc(CO)o1)CC[C@@H](O)C1=C(CO[Si](c2ccccc2)(c2ccccc2)C(C)(C)C)C[C@H]2C(=O)N(Cc3cccs3)C(=O)[C@H]2[C@H]1CO. The van der Waals surface area contributed by atoms with Gasteiger partial charge >= 0.3 is 0 Å².